The van der Waals surface area contributed by atoms with Crippen molar-refractivity contribution >= 4 is 68.5 Å². The van der Waals surface area contributed by atoms with Gasteiger partial charge in [0.25, 0.3) is 5.91 Å². The first kappa shape index (κ1) is 67.0. The molecule has 0 aromatic heterocycles. The molecular weight excluding hydrogens is 1180 g/mol. The van der Waals surface area contributed by atoms with Gasteiger partial charge in [-0.2, -0.15) is 0 Å². The zero-order chi connectivity index (χ0) is 63.8. The molecule has 1 spiro atoms. The molecule has 5 aliphatic heterocycles. The van der Waals surface area contributed by atoms with Crippen LogP contribution in [0, 0.1) is 17.3 Å². The lowest BCUT2D eigenvalue weighted by molar-refractivity contribution is -0.203. The highest BCUT2D eigenvalue weighted by Gasteiger charge is 2.79. The molecule has 2 saturated heterocycles. The molecule has 88 heavy (non-hydrogen) atoms. The van der Waals surface area contributed by atoms with Gasteiger partial charge in [-0.1, -0.05) is 78.8 Å². The Balaban J connectivity index is 0.892. The Labute approximate surface area is 519 Å². The van der Waals surface area contributed by atoms with Crippen LogP contribution in [0.3, 0.4) is 0 Å². The Morgan fingerprint density at radius 2 is 1.66 bits per heavy atom. The van der Waals surface area contributed by atoms with E-state index in [9.17, 15) is 60.0 Å². The fraction of sp³-hybridized carbons (Fsp3) is 0.645. The average Bonchev–Trinajstić information content (AvgIpc) is 1.47. The maximum absolute atomic E-state index is 15.5. The number of carboxylic acids is 1. The van der Waals surface area contributed by atoms with E-state index < -0.39 is 137 Å². The van der Waals surface area contributed by atoms with E-state index in [1.54, 1.807) is 14.2 Å². The predicted octanol–water partition coefficient (Wildman–Crippen LogP) is -0.236. The number of likely N-dealkylation sites (N-methyl/N-ethyl adjacent to an activating group) is 1. The van der Waals surface area contributed by atoms with Crippen molar-refractivity contribution in [1.82, 2.24) is 25.8 Å². The van der Waals surface area contributed by atoms with Gasteiger partial charge in [-0.3, -0.25) is 33.8 Å². The van der Waals surface area contributed by atoms with Crippen LogP contribution in [0.1, 0.15) is 88.0 Å². The second-order valence-corrected chi connectivity index (χ2v) is 27.7. The summed E-state index contributed by atoms with van der Waals surface area (Å²) in [6.07, 6.45) is -2.58. The van der Waals surface area contributed by atoms with E-state index in [2.05, 4.69) is 43.9 Å². The van der Waals surface area contributed by atoms with Crippen molar-refractivity contribution in [1.29, 1.82) is 0 Å². The lowest BCUT2D eigenvalue weighted by Crippen LogP contribution is -2.81. The molecule has 2 aromatic carbocycles. The third-order valence-corrected chi connectivity index (χ3v) is 22.5. The van der Waals surface area contributed by atoms with E-state index in [1.807, 2.05) is 49.1 Å². The summed E-state index contributed by atoms with van der Waals surface area (Å²) in [6, 6.07) is 9.24. The molecule has 2 aromatic rings. The monoisotopic (exact) mass is 1270 g/mol. The molecule has 24 nitrogen and oxygen atoms in total. The minimum atomic E-state index is -2.56. The number of carbonyl (C=O) groups is 6. The number of nitrogens with zero attached hydrogens (tertiary/aromatic N) is 3. The summed E-state index contributed by atoms with van der Waals surface area (Å²) < 4.78 is 17.8. The van der Waals surface area contributed by atoms with Gasteiger partial charge in [0, 0.05) is 97.8 Å². The number of esters is 2. The first-order chi connectivity index (χ1) is 41.8. The quantitative estimate of drug-likeness (QED) is 0.0250. The second kappa shape index (κ2) is 26.8. The first-order valence-electron chi connectivity index (χ1n) is 30.3. The van der Waals surface area contributed by atoms with Gasteiger partial charge in [0.15, 0.2) is 5.60 Å². The van der Waals surface area contributed by atoms with Crippen LogP contribution < -0.4 is 25.6 Å². The minimum absolute atomic E-state index is 0.00939. The number of piperidine rings is 1. The molecule has 7 aliphatic rings. The topological polar surface area (TPSA) is 358 Å². The van der Waals surface area contributed by atoms with Gasteiger partial charge < -0.3 is 81.0 Å². The predicted molar refractivity (Wildman–Crippen MR) is 326 cm³/mol. The summed E-state index contributed by atoms with van der Waals surface area (Å²) in [4.78, 5) is 88.0. The molecule has 9 rings (SSSR count). The van der Waals surface area contributed by atoms with Crippen LogP contribution >= 0.6 is 21.6 Å². The number of rotatable bonds is 26. The molecule has 1 saturated carbocycles. The molecule has 26 heteroatoms. The number of hydrogen-bond donors (Lipinski definition) is 12. The fourth-order valence-corrected chi connectivity index (χ4v) is 17.8. The molecule has 484 valence electrons. The largest absolute Gasteiger partial charge is 0.496 e. The molecule has 2 unspecified atom stereocenters. The van der Waals surface area contributed by atoms with Gasteiger partial charge in [-0.25, -0.2) is 4.79 Å². The molecule has 3 amide bonds. The molecule has 2 aliphatic carbocycles. The van der Waals surface area contributed by atoms with Gasteiger partial charge >= 0.3 is 17.9 Å². The van der Waals surface area contributed by atoms with Gasteiger partial charge in [0.2, 0.25) is 11.8 Å². The number of carboxylic acid groups (broad SMARTS) is 1. The van der Waals surface area contributed by atoms with Gasteiger partial charge in [-0.15, -0.1) is 0 Å². The zero-order valence-electron chi connectivity index (χ0n) is 50.7. The van der Waals surface area contributed by atoms with E-state index >= 15 is 9.59 Å². The number of carbonyl (C=O) groups excluding carboxylic acids is 5. The molecular formula is C62H86N6O18S2. The van der Waals surface area contributed by atoms with E-state index in [-0.39, 0.29) is 36.9 Å². The smallest absolute Gasteiger partial charge is 0.327 e. The minimum Gasteiger partial charge on any atom is -0.496 e. The van der Waals surface area contributed by atoms with Crippen molar-refractivity contribution in [2.75, 3.05) is 96.7 Å². The number of fused-ring (bicyclic) bond motifs is 5. The summed E-state index contributed by atoms with van der Waals surface area (Å²) in [5.74, 6) is -5.33. The van der Waals surface area contributed by atoms with Crippen molar-refractivity contribution < 1.29 is 88.9 Å². The molecule has 5 heterocycles. The number of aliphatic hydroxyl groups excluding tert-OH is 6. The maximum atomic E-state index is 15.5. The van der Waals surface area contributed by atoms with Crippen LogP contribution in [0.2, 0.25) is 0 Å². The van der Waals surface area contributed by atoms with Crippen LogP contribution in [0.25, 0.3) is 5.57 Å². The molecule has 12 N–H and O–H groups in total. The highest BCUT2D eigenvalue weighted by atomic mass is 33.1. The second-order valence-electron chi connectivity index (χ2n) is 25.0. The maximum Gasteiger partial charge on any atom is 0.327 e. The number of amides is 3. The number of nitrogens with one attached hydrogen (secondary N) is 3. The van der Waals surface area contributed by atoms with Crippen molar-refractivity contribution in [2.45, 2.75) is 143 Å². The molecule has 16 atom stereocenters. The molecule has 2 bridgehead atoms. The van der Waals surface area contributed by atoms with Gasteiger partial charge in [0.1, 0.15) is 54.8 Å². The van der Waals surface area contributed by atoms with E-state index in [0.717, 1.165) is 49.4 Å². The third-order valence-electron chi connectivity index (χ3n) is 20.1. The third kappa shape index (κ3) is 11.9. The summed E-state index contributed by atoms with van der Waals surface area (Å²) >= 11 is 0. The van der Waals surface area contributed by atoms with Crippen LogP contribution in [0.15, 0.2) is 54.1 Å². The Hall–Kier alpha value is -5.36. The van der Waals surface area contributed by atoms with Gasteiger partial charge in [-0.05, 0) is 91.3 Å². The van der Waals surface area contributed by atoms with E-state index in [1.165, 1.54) is 14.0 Å². The summed E-state index contributed by atoms with van der Waals surface area (Å²) in [5.41, 5.74) is -1.18. The molecule has 0 radical (unpaired) electrons. The number of benzene rings is 2. The lowest BCUT2D eigenvalue weighted by atomic mass is 9.47. The molecule has 3 fully saturated rings. The number of aliphatic carboxylic acids is 1. The van der Waals surface area contributed by atoms with Crippen molar-refractivity contribution in [3.8, 4) is 5.75 Å². The van der Waals surface area contributed by atoms with Crippen molar-refractivity contribution in [3.05, 3.63) is 76.4 Å². The van der Waals surface area contributed by atoms with Crippen molar-refractivity contribution in [3.63, 3.8) is 0 Å². The van der Waals surface area contributed by atoms with E-state index in [4.69, 9.17) is 19.3 Å². The Kier molecular flexibility index (Phi) is 20.4. The first-order valence-corrected chi connectivity index (χ1v) is 32.8. The number of methoxy groups -OCH3 is 2. The average molecular weight is 1270 g/mol. The Morgan fingerprint density at radius 1 is 0.920 bits per heavy atom. The number of anilines is 1. The number of ether oxygens (including phenoxy) is 3. The van der Waals surface area contributed by atoms with Crippen molar-refractivity contribution in [2.24, 2.45) is 17.3 Å². The number of aliphatic hydroxyl groups is 8. The van der Waals surface area contributed by atoms with Crippen LogP contribution in [-0.4, -0.2) is 243 Å². The lowest BCUT2D eigenvalue weighted by Gasteiger charge is -2.63. The number of hydrogen-bond acceptors (Lipinski definition) is 22. The Bertz CT molecular complexity index is 3050. The standard InChI is InChI=1S/C62H86N6O18S2/c1-7-58(82)25-35-26-61(57(81)85-6,39-22-36-12-9-10-13-37(36)38(39)30-67(29-35)33-58)41-23-40-43(24-46(41)84-5)66(4)54-60(40)17-19-68-18-11-16-59(8-2,53(60)68)55(79)62(54,83)56(80)64-28-48(73)86-20-21-87-88-32-42(52(77)78)65-51(76)34(3)14-15-47(72)63-27-44(70)49(74)50(75)45(71)31-69/h9-13,16,23-24,34-35,42,44-45,49-50,53-55,69-71,74-75,79,82-83H,7-8,14-15,17-22,25-33H2,1-6H3,(H,63,72)(H,64,80)(H,65,76)(H,77,78)/t34-,35?,42-,44-,45+,49+,50+,53-,54+,55+,58-,59+,60+,61+,62-/m0/s1. The normalized spacial score (nSPS) is 31.2. The van der Waals surface area contributed by atoms with E-state index in [0.29, 0.717) is 88.2 Å². The summed E-state index contributed by atoms with van der Waals surface area (Å²) in [6.45, 7) is 5.97. The zero-order valence-corrected chi connectivity index (χ0v) is 52.3. The SMILES string of the molecule is CC[C@]1(O)CC2CN(CC3=C(Cc4ccccc43)[C@@](C(=O)OC)(c3cc4c(cc3OC)N(C)[C@H]3[C@@](O)(C(=O)NCC(=O)OCCSSC[C@H](NC(=O)[C@@H](C)CCC(=O)NC[C@H](O)[C@@H](O)[C@H](O)[C@H](O)CO)C(=O)O)[C@H](O)[C@]5(CC)C=CCN6CC[C@]43[C@@H]65)C2)C1. The summed E-state index contributed by atoms with van der Waals surface area (Å²) in [5, 5.41) is 104. The van der Waals surface area contributed by atoms with Gasteiger partial charge in [0.05, 0.1) is 38.6 Å². The van der Waals surface area contributed by atoms with Crippen LogP contribution in [0.5, 0.6) is 5.75 Å². The Morgan fingerprint density at radius 3 is 2.35 bits per heavy atom. The highest BCUT2D eigenvalue weighted by Crippen LogP contribution is 2.68. The van der Waals surface area contributed by atoms with Crippen LogP contribution in [0.4, 0.5) is 5.69 Å². The summed E-state index contributed by atoms with van der Waals surface area (Å²) in [7, 11) is 7.00. The van der Waals surface area contributed by atoms with Crippen LogP contribution in [-0.2, 0) is 55.5 Å². The highest BCUT2D eigenvalue weighted by molar-refractivity contribution is 8.76. The fourth-order valence-electron chi connectivity index (χ4n) is 15.9.